The van der Waals surface area contributed by atoms with Crippen LogP contribution in [-0.2, 0) is 9.05 Å². The van der Waals surface area contributed by atoms with Gasteiger partial charge in [-0.2, -0.15) is 0 Å². The summed E-state index contributed by atoms with van der Waals surface area (Å²) in [5.74, 6) is -1.04. The standard InChI is InChI=1S/C6H4ClF2NO4S/c7-15(13,14)3-1-2(11)4(5(8)9)10-6(3)12/h1,5,11H,(H,10,12). The van der Waals surface area contributed by atoms with Crippen LogP contribution in [0.2, 0.25) is 0 Å². The van der Waals surface area contributed by atoms with E-state index >= 15 is 0 Å². The predicted octanol–water partition coefficient (Wildman–Crippen LogP) is 0.946. The van der Waals surface area contributed by atoms with Crippen LogP contribution in [0.1, 0.15) is 12.1 Å². The number of H-pyrrole nitrogens is 1. The highest BCUT2D eigenvalue weighted by Crippen LogP contribution is 2.26. The number of alkyl halides is 2. The molecule has 84 valence electrons. The minimum atomic E-state index is -4.37. The van der Waals surface area contributed by atoms with Gasteiger partial charge in [0.25, 0.3) is 21.0 Å². The van der Waals surface area contributed by atoms with E-state index in [0.29, 0.717) is 6.07 Å². The second-order valence-corrected chi connectivity index (χ2v) is 5.03. The fourth-order valence-corrected chi connectivity index (χ4v) is 1.73. The molecule has 2 N–H and O–H groups in total. The largest absolute Gasteiger partial charge is 0.506 e. The van der Waals surface area contributed by atoms with Crippen molar-refractivity contribution in [3.63, 3.8) is 0 Å². The fourth-order valence-electron chi connectivity index (χ4n) is 0.863. The molecule has 15 heavy (non-hydrogen) atoms. The SMILES string of the molecule is O=c1[nH]c(C(F)F)c(O)cc1S(=O)(=O)Cl. The van der Waals surface area contributed by atoms with Gasteiger partial charge >= 0.3 is 0 Å². The summed E-state index contributed by atoms with van der Waals surface area (Å²) in [6.07, 6.45) is -3.12. The van der Waals surface area contributed by atoms with E-state index in [0.717, 1.165) is 0 Å². The maximum Gasteiger partial charge on any atom is 0.281 e. The summed E-state index contributed by atoms with van der Waals surface area (Å²) >= 11 is 0. The summed E-state index contributed by atoms with van der Waals surface area (Å²) in [5, 5.41) is 8.98. The molecule has 0 aliphatic carbocycles. The Hall–Kier alpha value is -1.15. The Balaban J connectivity index is 3.53. The lowest BCUT2D eigenvalue weighted by atomic mass is 10.3. The molecule has 0 radical (unpaired) electrons. The van der Waals surface area contributed by atoms with E-state index < -0.39 is 37.4 Å². The second kappa shape index (κ2) is 3.78. The second-order valence-electron chi connectivity index (χ2n) is 2.50. The lowest BCUT2D eigenvalue weighted by molar-refractivity contribution is 0.141. The highest BCUT2D eigenvalue weighted by Gasteiger charge is 2.21. The first-order valence-electron chi connectivity index (χ1n) is 3.42. The van der Waals surface area contributed by atoms with Gasteiger partial charge in [0.2, 0.25) is 0 Å². The Kier molecular flexibility index (Phi) is 3.00. The summed E-state index contributed by atoms with van der Waals surface area (Å²) in [5.41, 5.74) is -2.36. The van der Waals surface area contributed by atoms with Crippen LogP contribution in [0, 0.1) is 0 Å². The topological polar surface area (TPSA) is 87.2 Å². The van der Waals surface area contributed by atoms with E-state index in [9.17, 15) is 22.0 Å². The van der Waals surface area contributed by atoms with Gasteiger partial charge < -0.3 is 10.1 Å². The molecule has 5 nitrogen and oxygen atoms in total. The summed E-state index contributed by atoms with van der Waals surface area (Å²) in [7, 11) is 0.446. The summed E-state index contributed by atoms with van der Waals surface area (Å²) in [6, 6.07) is 0.378. The first-order valence-corrected chi connectivity index (χ1v) is 5.73. The van der Waals surface area contributed by atoms with E-state index in [-0.39, 0.29) is 0 Å². The van der Waals surface area contributed by atoms with Crippen LogP contribution < -0.4 is 5.56 Å². The number of hydrogen-bond acceptors (Lipinski definition) is 4. The molecular weight excluding hydrogens is 256 g/mol. The number of aromatic nitrogens is 1. The zero-order valence-corrected chi connectivity index (χ0v) is 8.44. The molecule has 0 bridgehead atoms. The van der Waals surface area contributed by atoms with Crippen LogP contribution in [0.5, 0.6) is 5.75 Å². The molecule has 1 heterocycles. The Bertz CT molecular complexity index is 539. The summed E-state index contributed by atoms with van der Waals surface area (Å²) < 4.78 is 45.7. The molecular formula is C6H4ClF2NO4S. The highest BCUT2D eigenvalue weighted by molar-refractivity contribution is 8.13. The van der Waals surface area contributed by atoms with E-state index in [1.54, 1.807) is 0 Å². The Morgan fingerprint density at radius 2 is 2.00 bits per heavy atom. The van der Waals surface area contributed by atoms with Gasteiger partial charge in [-0.1, -0.05) is 0 Å². The molecule has 0 aliphatic rings. The summed E-state index contributed by atoms with van der Waals surface area (Å²) in [6.45, 7) is 0. The van der Waals surface area contributed by atoms with Gasteiger partial charge in [0.1, 0.15) is 11.4 Å². The summed E-state index contributed by atoms with van der Waals surface area (Å²) in [4.78, 5) is 11.5. The lowest BCUT2D eigenvalue weighted by Crippen LogP contribution is -2.16. The third-order valence-corrected chi connectivity index (χ3v) is 2.82. The average Bonchev–Trinajstić information content (AvgIpc) is 2.06. The molecule has 9 heteroatoms. The first kappa shape index (κ1) is 11.9. The van der Waals surface area contributed by atoms with E-state index in [4.69, 9.17) is 15.8 Å². The van der Waals surface area contributed by atoms with Gasteiger partial charge in [0.05, 0.1) is 0 Å². The molecule has 1 aromatic heterocycles. The van der Waals surface area contributed by atoms with Crippen molar-refractivity contribution in [3.8, 4) is 5.75 Å². The van der Waals surface area contributed by atoms with E-state index in [1.807, 2.05) is 0 Å². The number of halogens is 3. The van der Waals surface area contributed by atoms with Crippen molar-refractivity contribution in [1.82, 2.24) is 4.98 Å². The first-order chi connectivity index (χ1) is 6.73. The molecule has 0 saturated heterocycles. The van der Waals surface area contributed by atoms with Crippen molar-refractivity contribution in [3.05, 3.63) is 22.1 Å². The van der Waals surface area contributed by atoms with Crippen LogP contribution in [0.25, 0.3) is 0 Å². The number of hydrogen-bond donors (Lipinski definition) is 2. The number of nitrogens with one attached hydrogen (secondary N) is 1. The molecule has 1 rings (SSSR count). The quantitative estimate of drug-likeness (QED) is 0.774. The van der Waals surface area contributed by atoms with Crippen LogP contribution in [0.4, 0.5) is 8.78 Å². The number of rotatable bonds is 2. The van der Waals surface area contributed by atoms with Crippen LogP contribution in [0.3, 0.4) is 0 Å². The van der Waals surface area contributed by atoms with Crippen molar-refractivity contribution in [2.24, 2.45) is 0 Å². The van der Waals surface area contributed by atoms with Gasteiger partial charge in [-0.05, 0) is 0 Å². The van der Waals surface area contributed by atoms with Crippen LogP contribution in [-0.4, -0.2) is 18.5 Å². The zero-order chi connectivity index (χ0) is 11.8. The molecule has 1 aromatic rings. The molecule has 0 spiro atoms. The maximum atomic E-state index is 12.1. The van der Waals surface area contributed by atoms with Crippen molar-refractivity contribution in [2.75, 3.05) is 0 Å². The number of aromatic amines is 1. The normalized spacial score (nSPS) is 12.0. The van der Waals surface area contributed by atoms with Gasteiger partial charge in [0, 0.05) is 16.7 Å². The Morgan fingerprint density at radius 1 is 1.47 bits per heavy atom. The Labute approximate surface area is 86.7 Å². The number of aromatic hydroxyl groups is 1. The van der Waals surface area contributed by atoms with Crippen molar-refractivity contribution in [1.29, 1.82) is 0 Å². The van der Waals surface area contributed by atoms with Crippen LogP contribution >= 0.6 is 10.7 Å². The van der Waals surface area contributed by atoms with E-state index in [1.165, 1.54) is 4.98 Å². The monoisotopic (exact) mass is 259 g/mol. The third-order valence-electron chi connectivity index (χ3n) is 1.50. The minimum absolute atomic E-state index is 0.378. The molecule has 0 aliphatic heterocycles. The minimum Gasteiger partial charge on any atom is -0.506 e. The fraction of sp³-hybridized carbons (Fsp3) is 0.167. The van der Waals surface area contributed by atoms with Gasteiger partial charge in [-0.3, -0.25) is 4.79 Å². The molecule has 0 fully saturated rings. The van der Waals surface area contributed by atoms with Crippen molar-refractivity contribution >= 4 is 19.7 Å². The molecule has 0 amide bonds. The molecule has 0 aromatic carbocycles. The third kappa shape index (κ3) is 2.45. The lowest BCUT2D eigenvalue weighted by Gasteiger charge is -2.03. The van der Waals surface area contributed by atoms with Crippen LogP contribution in [0.15, 0.2) is 15.8 Å². The predicted molar refractivity (Wildman–Crippen MR) is 46.7 cm³/mol. The van der Waals surface area contributed by atoms with Gasteiger partial charge in [-0.15, -0.1) is 0 Å². The smallest absolute Gasteiger partial charge is 0.281 e. The van der Waals surface area contributed by atoms with E-state index in [2.05, 4.69) is 0 Å². The molecule has 0 saturated carbocycles. The van der Waals surface area contributed by atoms with Gasteiger partial charge in [0.15, 0.2) is 4.90 Å². The zero-order valence-electron chi connectivity index (χ0n) is 6.87. The van der Waals surface area contributed by atoms with Crippen molar-refractivity contribution < 1.29 is 22.3 Å². The number of pyridine rings is 1. The average molecular weight is 260 g/mol. The van der Waals surface area contributed by atoms with Crippen molar-refractivity contribution in [2.45, 2.75) is 11.3 Å². The highest BCUT2D eigenvalue weighted by atomic mass is 35.7. The molecule has 0 unspecified atom stereocenters. The maximum absolute atomic E-state index is 12.1. The Morgan fingerprint density at radius 3 is 2.40 bits per heavy atom. The van der Waals surface area contributed by atoms with Gasteiger partial charge in [-0.25, -0.2) is 17.2 Å². The molecule has 0 atom stereocenters.